The van der Waals surface area contributed by atoms with Gasteiger partial charge in [0.2, 0.25) is 0 Å². The zero-order valence-corrected chi connectivity index (χ0v) is 24.6. The lowest BCUT2D eigenvalue weighted by Gasteiger charge is -2.40. The van der Waals surface area contributed by atoms with Gasteiger partial charge in [0.15, 0.2) is 0 Å². The predicted molar refractivity (Wildman–Crippen MR) is 160 cm³/mol. The molecule has 0 radical (unpaired) electrons. The number of methoxy groups -OCH3 is 3. The largest absolute Gasteiger partial charge is 0.497 e. The third kappa shape index (κ3) is 6.00. The van der Waals surface area contributed by atoms with E-state index >= 15 is 0 Å². The van der Waals surface area contributed by atoms with Gasteiger partial charge in [0.25, 0.3) is 5.56 Å². The first-order valence-electron chi connectivity index (χ1n) is 14.0. The SMILES string of the molecule is COC[C@H](OC(c1ccccc1)(c1ccc(OC)cc1)c1ccc(OC)cc1)[C@H]1O[C@@H](n2cc(C)c(=O)[nH]c2=O)C[C@@H]1O. The van der Waals surface area contributed by atoms with Crippen LogP contribution in [0.2, 0.25) is 0 Å². The molecule has 0 aliphatic carbocycles. The Labute approximate surface area is 249 Å². The van der Waals surface area contributed by atoms with Crippen LogP contribution in [0.15, 0.2) is 94.6 Å². The Bertz CT molecular complexity index is 1570. The average Bonchev–Trinajstić information content (AvgIpc) is 3.42. The minimum Gasteiger partial charge on any atom is -0.497 e. The number of ether oxygens (including phenoxy) is 5. The van der Waals surface area contributed by atoms with Gasteiger partial charge < -0.3 is 28.8 Å². The third-order valence-corrected chi connectivity index (χ3v) is 7.79. The van der Waals surface area contributed by atoms with Crippen molar-refractivity contribution in [2.24, 2.45) is 0 Å². The van der Waals surface area contributed by atoms with Gasteiger partial charge >= 0.3 is 5.69 Å². The number of aryl methyl sites for hydroxylation is 1. The number of H-pyrrole nitrogens is 1. The Morgan fingerprint density at radius 2 is 1.47 bits per heavy atom. The number of aliphatic hydroxyl groups is 1. The fourth-order valence-corrected chi connectivity index (χ4v) is 5.60. The lowest BCUT2D eigenvalue weighted by Crippen LogP contribution is -2.46. The van der Waals surface area contributed by atoms with Crippen molar-refractivity contribution in [1.29, 1.82) is 0 Å². The van der Waals surface area contributed by atoms with Gasteiger partial charge in [-0.15, -0.1) is 0 Å². The molecule has 10 nitrogen and oxygen atoms in total. The van der Waals surface area contributed by atoms with Crippen LogP contribution >= 0.6 is 0 Å². The van der Waals surface area contributed by atoms with Crippen LogP contribution < -0.4 is 20.7 Å². The van der Waals surface area contributed by atoms with Gasteiger partial charge in [-0.25, -0.2) is 4.79 Å². The molecule has 4 atom stereocenters. The minimum absolute atomic E-state index is 0.0783. The van der Waals surface area contributed by atoms with Gasteiger partial charge in [-0.3, -0.25) is 14.3 Å². The van der Waals surface area contributed by atoms with Crippen molar-refractivity contribution in [2.75, 3.05) is 27.9 Å². The van der Waals surface area contributed by atoms with Crippen molar-refractivity contribution in [3.8, 4) is 11.5 Å². The summed E-state index contributed by atoms with van der Waals surface area (Å²) in [4.78, 5) is 26.9. The lowest BCUT2D eigenvalue weighted by molar-refractivity contribution is -0.161. The summed E-state index contributed by atoms with van der Waals surface area (Å²) in [5, 5.41) is 11.3. The van der Waals surface area contributed by atoms with E-state index < -0.39 is 41.4 Å². The summed E-state index contributed by atoms with van der Waals surface area (Å²) >= 11 is 0. The molecule has 0 unspecified atom stereocenters. The van der Waals surface area contributed by atoms with E-state index in [1.807, 2.05) is 78.9 Å². The Kier molecular flexibility index (Phi) is 9.12. The van der Waals surface area contributed by atoms with Crippen LogP contribution in [0.5, 0.6) is 11.5 Å². The van der Waals surface area contributed by atoms with E-state index in [0.717, 1.165) is 16.7 Å². The first kappa shape index (κ1) is 30.2. The molecule has 1 aliphatic rings. The smallest absolute Gasteiger partial charge is 0.330 e. The third-order valence-electron chi connectivity index (χ3n) is 7.79. The van der Waals surface area contributed by atoms with Crippen LogP contribution in [0.25, 0.3) is 0 Å². The summed E-state index contributed by atoms with van der Waals surface area (Å²) in [7, 11) is 4.77. The van der Waals surface area contributed by atoms with E-state index in [0.29, 0.717) is 17.1 Å². The second-order valence-electron chi connectivity index (χ2n) is 10.5. The molecule has 1 saturated heterocycles. The Hall–Kier alpha value is -4.22. The highest BCUT2D eigenvalue weighted by Gasteiger charge is 2.47. The second kappa shape index (κ2) is 13.0. The van der Waals surface area contributed by atoms with Crippen LogP contribution in [-0.4, -0.2) is 60.9 Å². The first-order chi connectivity index (χ1) is 20.8. The molecule has 0 spiro atoms. The zero-order valence-electron chi connectivity index (χ0n) is 24.6. The number of hydrogen-bond acceptors (Lipinski definition) is 8. The van der Waals surface area contributed by atoms with Gasteiger partial charge in [0, 0.05) is 25.3 Å². The van der Waals surface area contributed by atoms with E-state index in [4.69, 9.17) is 23.7 Å². The van der Waals surface area contributed by atoms with Crippen LogP contribution in [-0.2, 0) is 19.8 Å². The monoisotopic (exact) mass is 588 g/mol. The number of benzene rings is 3. The van der Waals surface area contributed by atoms with Crippen molar-refractivity contribution in [2.45, 2.75) is 43.5 Å². The zero-order chi connectivity index (χ0) is 30.6. The molecule has 3 aromatic carbocycles. The van der Waals surface area contributed by atoms with Crippen molar-refractivity contribution in [3.63, 3.8) is 0 Å². The summed E-state index contributed by atoms with van der Waals surface area (Å²) in [5.41, 5.74) is 0.534. The minimum atomic E-state index is -1.18. The molecular formula is C33H36N2O8. The van der Waals surface area contributed by atoms with Crippen LogP contribution in [0.3, 0.4) is 0 Å². The molecule has 1 fully saturated rings. The Balaban J connectivity index is 1.63. The van der Waals surface area contributed by atoms with E-state index in [2.05, 4.69) is 4.98 Å². The molecule has 5 rings (SSSR count). The van der Waals surface area contributed by atoms with E-state index in [1.165, 1.54) is 10.8 Å². The summed E-state index contributed by atoms with van der Waals surface area (Å²) in [6, 6.07) is 25.0. The normalized spacial score (nSPS) is 19.2. The number of nitrogens with one attached hydrogen (secondary N) is 1. The van der Waals surface area contributed by atoms with Crippen LogP contribution in [0.1, 0.15) is 34.9 Å². The standard InChI is InChI=1S/C33H36N2O8/c1-21-19-35(32(38)34-31(21)37)29-18-27(36)30(42-29)28(20-39-2)43-33(22-8-6-5-7-9-22,23-10-14-25(40-3)15-11-23)24-12-16-26(41-4)17-13-24/h5-17,19,27-30,36H,18,20H2,1-4H3,(H,34,37,38)/t27-,28-,29+,30-/m0/s1. The summed E-state index contributed by atoms with van der Waals surface area (Å²) in [5.74, 6) is 1.38. The number of nitrogens with zero attached hydrogens (tertiary/aromatic N) is 1. The molecular weight excluding hydrogens is 552 g/mol. The van der Waals surface area contributed by atoms with Crippen LogP contribution in [0, 0.1) is 6.92 Å². The van der Waals surface area contributed by atoms with Crippen molar-refractivity contribution in [3.05, 3.63) is 128 Å². The number of aromatic amines is 1. The summed E-state index contributed by atoms with van der Waals surface area (Å²) < 4.78 is 31.3. The first-order valence-corrected chi connectivity index (χ1v) is 14.0. The van der Waals surface area contributed by atoms with Crippen molar-refractivity contribution in [1.82, 2.24) is 9.55 Å². The van der Waals surface area contributed by atoms with Gasteiger partial charge in [-0.1, -0.05) is 54.6 Å². The highest BCUT2D eigenvalue weighted by Crippen LogP contribution is 2.44. The number of rotatable bonds is 11. The molecule has 0 amide bonds. The van der Waals surface area contributed by atoms with Crippen molar-refractivity contribution < 1.29 is 28.8 Å². The number of hydrogen-bond donors (Lipinski definition) is 2. The number of aromatic nitrogens is 2. The van der Waals surface area contributed by atoms with Crippen molar-refractivity contribution >= 4 is 0 Å². The fourth-order valence-electron chi connectivity index (χ4n) is 5.60. The fraction of sp³-hybridized carbons (Fsp3) is 0.333. The summed E-state index contributed by atoms with van der Waals surface area (Å²) in [6.07, 6.45) is -1.93. The molecule has 43 heavy (non-hydrogen) atoms. The maximum absolute atomic E-state index is 12.6. The van der Waals surface area contributed by atoms with Gasteiger partial charge in [0.05, 0.1) is 26.9 Å². The average molecular weight is 589 g/mol. The second-order valence-corrected chi connectivity index (χ2v) is 10.5. The Morgan fingerprint density at radius 1 is 0.907 bits per heavy atom. The van der Waals surface area contributed by atoms with E-state index in [9.17, 15) is 14.7 Å². The maximum atomic E-state index is 12.6. The highest BCUT2D eigenvalue weighted by molar-refractivity contribution is 5.50. The Morgan fingerprint density at radius 3 is 2.00 bits per heavy atom. The molecule has 1 aliphatic heterocycles. The molecule has 10 heteroatoms. The topological polar surface area (TPSA) is 121 Å². The molecule has 0 saturated carbocycles. The predicted octanol–water partition coefficient (Wildman–Crippen LogP) is 3.53. The summed E-state index contributed by atoms with van der Waals surface area (Å²) in [6.45, 7) is 1.68. The van der Waals surface area contributed by atoms with Crippen LogP contribution in [0.4, 0.5) is 0 Å². The molecule has 4 aromatic rings. The molecule has 2 N–H and O–H groups in total. The van der Waals surface area contributed by atoms with Gasteiger partial charge in [-0.2, -0.15) is 0 Å². The maximum Gasteiger partial charge on any atom is 0.330 e. The highest BCUT2D eigenvalue weighted by atomic mass is 16.6. The molecule has 2 heterocycles. The van der Waals surface area contributed by atoms with Gasteiger partial charge in [-0.05, 0) is 47.9 Å². The van der Waals surface area contributed by atoms with Gasteiger partial charge in [0.1, 0.15) is 35.5 Å². The van der Waals surface area contributed by atoms with E-state index in [-0.39, 0.29) is 13.0 Å². The quantitative estimate of drug-likeness (QED) is 0.255. The lowest BCUT2D eigenvalue weighted by atomic mass is 9.79. The number of aliphatic hydroxyl groups excluding tert-OH is 1. The molecule has 1 aromatic heterocycles. The molecule has 226 valence electrons. The van der Waals surface area contributed by atoms with E-state index in [1.54, 1.807) is 28.3 Å². The molecule has 0 bridgehead atoms.